The Morgan fingerprint density at radius 2 is 2.50 bits per heavy atom. The number of oxime groups is 1. The van der Waals surface area contributed by atoms with Crippen molar-refractivity contribution in [1.82, 2.24) is 10.5 Å². The Hall–Kier alpha value is -1.56. The number of rotatable bonds is 6. The molecule has 0 saturated carbocycles. The average molecular weight is 226 g/mol. The summed E-state index contributed by atoms with van der Waals surface area (Å²) in [6, 6.07) is 2.05. The summed E-state index contributed by atoms with van der Waals surface area (Å²) in [5.74, 6) is 1.02. The third-order valence-electron chi connectivity index (χ3n) is 2.33. The SMILES string of the molecule is CCC(CC(N)=NO)NCc1cc(C)on1. The molecule has 1 atom stereocenters. The highest BCUT2D eigenvalue weighted by Gasteiger charge is 2.09. The summed E-state index contributed by atoms with van der Waals surface area (Å²) in [4.78, 5) is 0. The van der Waals surface area contributed by atoms with Gasteiger partial charge in [0, 0.05) is 25.1 Å². The molecule has 6 nitrogen and oxygen atoms in total. The van der Waals surface area contributed by atoms with Gasteiger partial charge < -0.3 is 20.8 Å². The van der Waals surface area contributed by atoms with Crippen molar-refractivity contribution in [3.63, 3.8) is 0 Å². The van der Waals surface area contributed by atoms with Gasteiger partial charge in [0.25, 0.3) is 0 Å². The minimum Gasteiger partial charge on any atom is -0.409 e. The maximum Gasteiger partial charge on any atom is 0.140 e. The van der Waals surface area contributed by atoms with Crippen LogP contribution in [-0.2, 0) is 6.54 Å². The van der Waals surface area contributed by atoms with E-state index >= 15 is 0 Å². The normalized spacial score (nSPS) is 14.0. The summed E-state index contributed by atoms with van der Waals surface area (Å²) >= 11 is 0. The molecular formula is C10H18N4O2. The first kappa shape index (κ1) is 12.5. The van der Waals surface area contributed by atoms with Gasteiger partial charge in [-0.3, -0.25) is 0 Å². The molecule has 0 aliphatic rings. The predicted octanol–water partition coefficient (Wildman–Crippen LogP) is 0.988. The van der Waals surface area contributed by atoms with Gasteiger partial charge in [-0.25, -0.2) is 0 Å². The number of nitrogens with zero attached hydrogens (tertiary/aromatic N) is 2. The number of amidine groups is 1. The zero-order valence-corrected chi connectivity index (χ0v) is 9.60. The van der Waals surface area contributed by atoms with Crippen LogP contribution in [0.2, 0.25) is 0 Å². The Kier molecular flexibility index (Phi) is 4.78. The van der Waals surface area contributed by atoms with Gasteiger partial charge in [0.15, 0.2) is 0 Å². The first-order valence-electron chi connectivity index (χ1n) is 5.27. The molecule has 16 heavy (non-hydrogen) atoms. The summed E-state index contributed by atoms with van der Waals surface area (Å²) in [6.07, 6.45) is 1.41. The molecule has 0 radical (unpaired) electrons. The Bertz CT molecular complexity index is 348. The predicted molar refractivity (Wildman–Crippen MR) is 60.2 cm³/mol. The fourth-order valence-corrected chi connectivity index (χ4v) is 1.40. The summed E-state index contributed by atoms with van der Waals surface area (Å²) in [7, 11) is 0. The van der Waals surface area contributed by atoms with Crippen molar-refractivity contribution >= 4 is 5.84 Å². The highest BCUT2D eigenvalue weighted by Crippen LogP contribution is 2.03. The zero-order chi connectivity index (χ0) is 12.0. The van der Waals surface area contributed by atoms with E-state index in [0.29, 0.717) is 13.0 Å². The summed E-state index contributed by atoms with van der Waals surface area (Å²) in [5, 5.41) is 18.6. The van der Waals surface area contributed by atoms with Crippen LogP contribution in [0.5, 0.6) is 0 Å². The summed E-state index contributed by atoms with van der Waals surface area (Å²) in [6.45, 7) is 4.51. The van der Waals surface area contributed by atoms with E-state index in [1.165, 1.54) is 0 Å². The maximum absolute atomic E-state index is 8.48. The minimum absolute atomic E-state index is 0.174. The van der Waals surface area contributed by atoms with E-state index < -0.39 is 0 Å². The standard InChI is InChI=1S/C10H18N4O2/c1-3-8(5-10(11)13-15)12-6-9-4-7(2)16-14-9/h4,8,12,15H,3,5-6H2,1-2H3,(H2,11,13). The summed E-state index contributed by atoms with van der Waals surface area (Å²) in [5.41, 5.74) is 6.31. The van der Waals surface area contributed by atoms with Gasteiger partial charge in [0.2, 0.25) is 0 Å². The quantitative estimate of drug-likeness (QED) is 0.291. The summed E-state index contributed by atoms with van der Waals surface area (Å²) < 4.78 is 4.95. The molecule has 0 bridgehead atoms. The van der Waals surface area contributed by atoms with E-state index in [2.05, 4.69) is 15.6 Å². The molecule has 90 valence electrons. The first-order chi connectivity index (χ1) is 7.65. The van der Waals surface area contributed by atoms with Crippen LogP contribution in [0, 0.1) is 6.92 Å². The number of nitrogens with two attached hydrogens (primary N) is 1. The van der Waals surface area contributed by atoms with E-state index in [0.717, 1.165) is 17.9 Å². The largest absolute Gasteiger partial charge is 0.409 e. The van der Waals surface area contributed by atoms with Gasteiger partial charge in [0.05, 0.1) is 5.69 Å². The van der Waals surface area contributed by atoms with E-state index in [1.54, 1.807) is 0 Å². The lowest BCUT2D eigenvalue weighted by Gasteiger charge is -2.14. The van der Waals surface area contributed by atoms with Gasteiger partial charge in [-0.1, -0.05) is 17.2 Å². The second kappa shape index (κ2) is 6.12. The third-order valence-corrected chi connectivity index (χ3v) is 2.33. The van der Waals surface area contributed by atoms with Crippen LogP contribution >= 0.6 is 0 Å². The van der Waals surface area contributed by atoms with Crippen LogP contribution in [0.1, 0.15) is 31.2 Å². The van der Waals surface area contributed by atoms with Crippen LogP contribution in [-0.4, -0.2) is 22.2 Å². The number of hydrogen-bond acceptors (Lipinski definition) is 5. The Morgan fingerprint density at radius 1 is 1.75 bits per heavy atom. The number of aryl methyl sites for hydroxylation is 1. The lowest BCUT2D eigenvalue weighted by Crippen LogP contribution is -2.32. The lowest BCUT2D eigenvalue weighted by molar-refractivity contribution is 0.315. The van der Waals surface area contributed by atoms with Crippen molar-refractivity contribution in [2.75, 3.05) is 0 Å². The fourth-order valence-electron chi connectivity index (χ4n) is 1.40. The molecule has 0 spiro atoms. The minimum atomic E-state index is 0.174. The number of aromatic nitrogens is 1. The molecule has 0 saturated heterocycles. The highest BCUT2D eigenvalue weighted by atomic mass is 16.5. The Balaban J connectivity index is 2.39. The monoisotopic (exact) mass is 226 g/mol. The molecular weight excluding hydrogens is 208 g/mol. The van der Waals surface area contributed by atoms with Crippen molar-refractivity contribution in [1.29, 1.82) is 0 Å². The van der Waals surface area contributed by atoms with Crippen LogP contribution in [0.3, 0.4) is 0 Å². The fraction of sp³-hybridized carbons (Fsp3) is 0.600. The van der Waals surface area contributed by atoms with Gasteiger partial charge in [-0.2, -0.15) is 0 Å². The van der Waals surface area contributed by atoms with Crippen molar-refractivity contribution in [3.05, 3.63) is 17.5 Å². The van der Waals surface area contributed by atoms with Crippen molar-refractivity contribution < 1.29 is 9.73 Å². The van der Waals surface area contributed by atoms with Crippen LogP contribution in [0.15, 0.2) is 15.7 Å². The molecule has 1 unspecified atom stereocenters. The van der Waals surface area contributed by atoms with Crippen molar-refractivity contribution in [2.24, 2.45) is 10.9 Å². The molecule has 0 fully saturated rings. The highest BCUT2D eigenvalue weighted by molar-refractivity contribution is 5.80. The van der Waals surface area contributed by atoms with E-state index in [1.807, 2.05) is 19.9 Å². The van der Waals surface area contributed by atoms with Gasteiger partial charge in [0.1, 0.15) is 11.6 Å². The van der Waals surface area contributed by atoms with Crippen molar-refractivity contribution in [2.45, 2.75) is 39.3 Å². The molecule has 1 aromatic rings. The Labute approximate surface area is 94.5 Å². The number of hydrogen-bond donors (Lipinski definition) is 3. The first-order valence-corrected chi connectivity index (χ1v) is 5.27. The molecule has 1 aromatic heterocycles. The van der Waals surface area contributed by atoms with Crippen molar-refractivity contribution in [3.8, 4) is 0 Å². The van der Waals surface area contributed by atoms with Gasteiger partial charge >= 0.3 is 0 Å². The third kappa shape index (κ3) is 3.90. The second-order valence-electron chi connectivity index (χ2n) is 3.71. The maximum atomic E-state index is 8.48. The van der Waals surface area contributed by atoms with E-state index in [9.17, 15) is 0 Å². The molecule has 0 aliphatic heterocycles. The zero-order valence-electron chi connectivity index (χ0n) is 9.60. The van der Waals surface area contributed by atoms with E-state index in [4.69, 9.17) is 15.5 Å². The van der Waals surface area contributed by atoms with Gasteiger partial charge in [-0.05, 0) is 13.3 Å². The van der Waals surface area contributed by atoms with Crippen LogP contribution in [0.25, 0.3) is 0 Å². The topological polar surface area (TPSA) is 96.7 Å². The van der Waals surface area contributed by atoms with Crippen LogP contribution < -0.4 is 11.1 Å². The number of nitrogens with one attached hydrogen (secondary N) is 1. The van der Waals surface area contributed by atoms with E-state index in [-0.39, 0.29) is 11.9 Å². The molecule has 6 heteroatoms. The Morgan fingerprint density at radius 3 is 3.00 bits per heavy atom. The smallest absolute Gasteiger partial charge is 0.140 e. The molecule has 0 amide bonds. The molecule has 0 aliphatic carbocycles. The van der Waals surface area contributed by atoms with Gasteiger partial charge in [-0.15, -0.1) is 0 Å². The molecule has 0 aromatic carbocycles. The lowest BCUT2D eigenvalue weighted by atomic mass is 10.1. The molecule has 1 rings (SSSR count). The van der Waals surface area contributed by atoms with Crippen LogP contribution in [0.4, 0.5) is 0 Å². The molecule has 4 N–H and O–H groups in total. The molecule has 1 heterocycles. The average Bonchev–Trinajstić information content (AvgIpc) is 2.69. The second-order valence-corrected chi connectivity index (χ2v) is 3.71.